The second-order valence-electron chi connectivity index (χ2n) is 4.87. The Bertz CT molecular complexity index is 539. The van der Waals surface area contributed by atoms with Gasteiger partial charge in [-0.1, -0.05) is 24.3 Å². The van der Waals surface area contributed by atoms with Gasteiger partial charge < -0.3 is 14.4 Å². The Morgan fingerprint density at radius 3 is 2.50 bits per heavy atom. The maximum absolute atomic E-state index is 12.1. The fraction of sp³-hybridized carbons (Fsp3) is 0.412. The molecule has 0 bridgehead atoms. The van der Waals surface area contributed by atoms with Crippen LogP contribution in [-0.4, -0.2) is 43.1 Å². The van der Waals surface area contributed by atoms with Gasteiger partial charge in [0.05, 0.1) is 6.61 Å². The molecule has 120 valence electrons. The average Bonchev–Trinajstić information content (AvgIpc) is 2.50. The van der Waals surface area contributed by atoms with Crippen LogP contribution in [0.15, 0.2) is 36.4 Å². The third-order valence-corrected chi connectivity index (χ3v) is 2.93. The van der Waals surface area contributed by atoms with Crippen molar-refractivity contribution in [3.05, 3.63) is 42.0 Å². The lowest BCUT2D eigenvalue weighted by atomic mass is 10.2. The predicted molar refractivity (Wildman–Crippen MR) is 85.0 cm³/mol. The maximum atomic E-state index is 12.1. The molecular formula is C17H23NO4. The lowest BCUT2D eigenvalue weighted by Gasteiger charge is -2.20. The van der Waals surface area contributed by atoms with E-state index in [2.05, 4.69) is 6.58 Å². The summed E-state index contributed by atoms with van der Waals surface area (Å²) in [4.78, 5) is 25.7. The smallest absolute Gasteiger partial charge is 0.342 e. The minimum absolute atomic E-state index is 0.243. The standard InChI is InChI=1S/C17H23NO4/c1-5-18(11-13(3)4)16(19)12-22-17(20)14-9-7-8-10-15(14)21-6-2/h7-10H,3,5-6,11-12H2,1-2,4H3. The Kier molecular flexibility index (Phi) is 7.16. The number of benzene rings is 1. The van der Waals surface area contributed by atoms with Crippen molar-refractivity contribution >= 4 is 11.9 Å². The van der Waals surface area contributed by atoms with Crippen molar-refractivity contribution in [2.75, 3.05) is 26.3 Å². The van der Waals surface area contributed by atoms with E-state index >= 15 is 0 Å². The SMILES string of the molecule is C=C(C)CN(CC)C(=O)COC(=O)c1ccccc1OCC. The second-order valence-corrected chi connectivity index (χ2v) is 4.87. The van der Waals surface area contributed by atoms with Gasteiger partial charge in [-0.25, -0.2) is 4.79 Å². The van der Waals surface area contributed by atoms with Crippen molar-refractivity contribution < 1.29 is 19.1 Å². The Morgan fingerprint density at radius 2 is 1.91 bits per heavy atom. The molecule has 1 aromatic rings. The number of likely N-dealkylation sites (N-methyl/N-ethyl adjacent to an activating group) is 1. The van der Waals surface area contributed by atoms with E-state index in [1.165, 1.54) is 0 Å². The van der Waals surface area contributed by atoms with Crippen LogP contribution in [0.5, 0.6) is 5.75 Å². The van der Waals surface area contributed by atoms with Crippen LogP contribution in [-0.2, 0) is 9.53 Å². The van der Waals surface area contributed by atoms with E-state index in [4.69, 9.17) is 9.47 Å². The molecule has 0 aliphatic rings. The molecule has 0 heterocycles. The molecule has 22 heavy (non-hydrogen) atoms. The van der Waals surface area contributed by atoms with Gasteiger partial charge in [0.1, 0.15) is 11.3 Å². The molecule has 5 heteroatoms. The van der Waals surface area contributed by atoms with Gasteiger partial charge in [0.2, 0.25) is 0 Å². The van der Waals surface area contributed by atoms with Crippen molar-refractivity contribution in [3.8, 4) is 5.75 Å². The van der Waals surface area contributed by atoms with Gasteiger partial charge in [-0.2, -0.15) is 0 Å². The predicted octanol–water partition coefficient (Wildman–Crippen LogP) is 2.67. The van der Waals surface area contributed by atoms with E-state index in [1.54, 1.807) is 29.2 Å². The van der Waals surface area contributed by atoms with E-state index in [0.29, 0.717) is 31.0 Å². The molecule has 0 fully saturated rings. The van der Waals surface area contributed by atoms with Crippen LogP contribution in [0.3, 0.4) is 0 Å². The summed E-state index contributed by atoms with van der Waals surface area (Å²) in [6.45, 7) is 10.5. The molecule has 0 saturated heterocycles. The van der Waals surface area contributed by atoms with Gasteiger partial charge in [0, 0.05) is 13.1 Å². The number of nitrogens with zero attached hydrogens (tertiary/aromatic N) is 1. The first kappa shape index (κ1) is 17.8. The summed E-state index contributed by atoms with van der Waals surface area (Å²) in [6, 6.07) is 6.81. The minimum Gasteiger partial charge on any atom is -0.493 e. The molecule has 0 N–H and O–H groups in total. The van der Waals surface area contributed by atoms with Crippen LogP contribution in [0.25, 0.3) is 0 Å². The lowest BCUT2D eigenvalue weighted by molar-refractivity contribution is -0.133. The molecule has 0 saturated carbocycles. The monoisotopic (exact) mass is 305 g/mol. The number of carbonyl (C=O) groups excluding carboxylic acids is 2. The van der Waals surface area contributed by atoms with Crippen LogP contribution < -0.4 is 4.74 Å². The first-order valence-corrected chi connectivity index (χ1v) is 7.30. The molecule has 1 rings (SSSR count). The van der Waals surface area contributed by atoms with E-state index in [9.17, 15) is 9.59 Å². The summed E-state index contributed by atoms with van der Waals surface area (Å²) >= 11 is 0. The fourth-order valence-electron chi connectivity index (χ4n) is 1.92. The van der Waals surface area contributed by atoms with Gasteiger partial charge in [-0.3, -0.25) is 4.79 Å². The van der Waals surface area contributed by atoms with Crippen molar-refractivity contribution in [2.24, 2.45) is 0 Å². The highest BCUT2D eigenvalue weighted by atomic mass is 16.5. The average molecular weight is 305 g/mol. The first-order chi connectivity index (χ1) is 10.5. The summed E-state index contributed by atoms with van der Waals surface area (Å²) in [5, 5.41) is 0. The third kappa shape index (κ3) is 5.24. The van der Waals surface area contributed by atoms with Gasteiger partial charge in [-0.05, 0) is 32.9 Å². The first-order valence-electron chi connectivity index (χ1n) is 7.30. The summed E-state index contributed by atoms with van der Waals surface area (Å²) < 4.78 is 10.5. The Labute approximate surface area is 131 Å². The van der Waals surface area contributed by atoms with E-state index < -0.39 is 5.97 Å². The highest BCUT2D eigenvalue weighted by Crippen LogP contribution is 2.18. The lowest BCUT2D eigenvalue weighted by Crippen LogP contribution is -2.35. The zero-order valence-electron chi connectivity index (χ0n) is 13.4. The molecule has 5 nitrogen and oxygen atoms in total. The maximum Gasteiger partial charge on any atom is 0.342 e. The molecule has 0 atom stereocenters. The van der Waals surface area contributed by atoms with Crippen molar-refractivity contribution in [3.63, 3.8) is 0 Å². The molecule has 0 aliphatic heterocycles. The molecule has 0 aromatic heterocycles. The molecule has 1 amide bonds. The third-order valence-electron chi connectivity index (χ3n) is 2.93. The quantitative estimate of drug-likeness (QED) is 0.547. The highest BCUT2D eigenvalue weighted by Gasteiger charge is 2.17. The number of esters is 1. The number of ether oxygens (including phenoxy) is 2. The summed E-state index contributed by atoms with van der Waals surface area (Å²) in [7, 11) is 0. The van der Waals surface area contributed by atoms with Crippen molar-refractivity contribution in [1.29, 1.82) is 0 Å². The summed E-state index contributed by atoms with van der Waals surface area (Å²) in [5.41, 5.74) is 1.20. The molecule has 0 radical (unpaired) electrons. The Morgan fingerprint density at radius 1 is 1.23 bits per heavy atom. The van der Waals surface area contributed by atoms with E-state index in [-0.39, 0.29) is 12.5 Å². The largest absolute Gasteiger partial charge is 0.493 e. The number of rotatable bonds is 8. The van der Waals surface area contributed by atoms with Gasteiger partial charge in [0.25, 0.3) is 5.91 Å². The summed E-state index contributed by atoms with van der Waals surface area (Å²) in [6.07, 6.45) is 0. The number of hydrogen-bond donors (Lipinski definition) is 0. The van der Waals surface area contributed by atoms with Gasteiger partial charge in [-0.15, -0.1) is 0 Å². The van der Waals surface area contributed by atoms with Crippen LogP contribution in [0.4, 0.5) is 0 Å². The second kappa shape index (κ2) is 8.87. The number of hydrogen-bond acceptors (Lipinski definition) is 4. The van der Waals surface area contributed by atoms with Crippen LogP contribution in [0, 0.1) is 0 Å². The zero-order chi connectivity index (χ0) is 16.5. The fourth-order valence-corrected chi connectivity index (χ4v) is 1.92. The van der Waals surface area contributed by atoms with E-state index in [0.717, 1.165) is 5.57 Å². The van der Waals surface area contributed by atoms with Gasteiger partial charge in [0.15, 0.2) is 6.61 Å². The van der Waals surface area contributed by atoms with Gasteiger partial charge >= 0.3 is 5.97 Å². The molecule has 0 aliphatic carbocycles. The minimum atomic E-state index is -0.566. The molecule has 0 spiro atoms. The normalized spacial score (nSPS) is 9.95. The molecular weight excluding hydrogens is 282 g/mol. The van der Waals surface area contributed by atoms with E-state index in [1.807, 2.05) is 20.8 Å². The van der Waals surface area contributed by atoms with Crippen molar-refractivity contribution in [1.82, 2.24) is 4.90 Å². The summed E-state index contributed by atoms with van der Waals surface area (Å²) in [5.74, 6) is -0.353. The van der Waals surface area contributed by atoms with Crippen molar-refractivity contribution in [2.45, 2.75) is 20.8 Å². The Hall–Kier alpha value is -2.30. The highest BCUT2D eigenvalue weighted by molar-refractivity contribution is 5.94. The van der Waals surface area contributed by atoms with Crippen LogP contribution in [0.2, 0.25) is 0 Å². The molecule has 0 unspecified atom stereocenters. The zero-order valence-corrected chi connectivity index (χ0v) is 13.4. The topological polar surface area (TPSA) is 55.8 Å². The van der Waals surface area contributed by atoms with Crippen LogP contribution >= 0.6 is 0 Å². The van der Waals surface area contributed by atoms with Crippen LogP contribution in [0.1, 0.15) is 31.1 Å². The number of amides is 1. The number of para-hydroxylation sites is 1. The number of carbonyl (C=O) groups is 2. The Balaban J connectivity index is 2.66. The molecule has 1 aromatic carbocycles.